The van der Waals surface area contributed by atoms with Crippen LogP contribution in [0.15, 0.2) is 36.4 Å². The fourth-order valence-electron chi connectivity index (χ4n) is 2.93. The minimum Gasteiger partial charge on any atom is -0.449 e. The van der Waals surface area contributed by atoms with E-state index in [9.17, 15) is 9.59 Å². The fourth-order valence-corrected chi connectivity index (χ4v) is 3.61. The Balaban J connectivity index is 1.71. The molecular formula is C19H16Cl3NO3. The van der Waals surface area contributed by atoms with Crippen LogP contribution in [-0.4, -0.2) is 29.4 Å². The molecule has 1 aliphatic rings. The van der Waals surface area contributed by atoms with Crippen LogP contribution < -0.4 is 0 Å². The van der Waals surface area contributed by atoms with E-state index in [0.29, 0.717) is 13.1 Å². The molecule has 7 heteroatoms. The molecule has 4 nitrogen and oxygen atoms in total. The zero-order chi connectivity index (χ0) is 18.8. The van der Waals surface area contributed by atoms with Crippen molar-refractivity contribution >= 4 is 46.7 Å². The molecule has 1 amide bonds. The third-order valence-corrected chi connectivity index (χ3v) is 5.44. The van der Waals surface area contributed by atoms with Crippen molar-refractivity contribution in [2.75, 3.05) is 6.54 Å². The van der Waals surface area contributed by atoms with Gasteiger partial charge in [0.1, 0.15) is 0 Å². The SMILES string of the molecule is C[C@H](OC(=O)c1c(Cl)ccc(Cl)c1Cl)C(=O)N1CCc2ccccc2C1. The Morgan fingerprint density at radius 3 is 2.42 bits per heavy atom. The lowest BCUT2D eigenvalue weighted by molar-refractivity contribution is -0.140. The van der Waals surface area contributed by atoms with Gasteiger partial charge >= 0.3 is 5.97 Å². The van der Waals surface area contributed by atoms with E-state index in [-0.39, 0.29) is 26.5 Å². The fraction of sp³-hybridized carbons (Fsp3) is 0.263. The minimum atomic E-state index is -0.959. The van der Waals surface area contributed by atoms with E-state index < -0.39 is 12.1 Å². The van der Waals surface area contributed by atoms with Crippen LogP contribution in [0, 0.1) is 0 Å². The predicted octanol–water partition coefficient (Wildman–Crippen LogP) is 4.78. The van der Waals surface area contributed by atoms with Crippen LogP contribution in [0.25, 0.3) is 0 Å². The molecule has 0 bridgehead atoms. The summed E-state index contributed by atoms with van der Waals surface area (Å²) in [6.07, 6.45) is -0.187. The van der Waals surface area contributed by atoms with E-state index >= 15 is 0 Å². The van der Waals surface area contributed by atoms with Crippen LogP contribution in [0.3, 0.4) is 0 Å². The second kappa shape index (κ2) is 7.87. The van der Waals surface area contributed by atoms with Gasteiger partial charge in [-0.25, -0.2) is 4.79 Å². The second-order valence-electron chi connectivity index (χ2n) is 6.04. The lowest BCUT2D eigenvalue weighted by Gasteiger charge is -2.30. The van der Waals surface area contributed by atoms with Crippen molar-refractivity contribution in [1.82, 2.24) is 4.90 Å². The van der Waals surface area contributed by atoms with Crippen molar-refractivity contribution in [1.29, 1.82) is 0 Å². The van der Waals surface area contributed by atoms with Crippen LogP contribution in [0.1, 0.15) is 28.4 Å². The Kier molecular flexibility index (Phi) is 5.76. The van der Waals surface area contributed by atoms with Gasteiger partial charge in [-0.3, -0.25) is 4.79 Å². The quantitative estimate of drug-likeness (QED) is 0.538. The minimum absolute atomic E-state index is 0.00992. The van der Waals surface area contributed by atoms with Crippen molar-refractivity contribution in [3.05, 3.63) is 68.2 Å². The Labute approximate surface area is 166 Å². The average Bonchev–Trinajstić information content (AvgIpc) is 2.64. The zero-order valence-electron chi connectivity index (χ0n) is 14.0. The molecule has 26 heavy (non-hydrogen) atoms. The van der Waals surface area contributed by atoms with E-state index in [1.165, 1.54) is 24.6 Å². The van der Waals surface area contributed by atoms with Gasteiger partial charge in [0.15, 0.2) is 6.10 Å². The molecule has 0 aliphatic carbocycles. The number of nitrogens with zero attached hydrogens (tertiary/aromatic N) is 1. The van der Waals surface area contributed by atoms with Crippen LogP contribution in [0.2, 0.25) is 15.1 Å². The summed E-state index contributed by atoms with van der Waals surface area (Å²) in [6, 6.07) is 10.9. The Morgan fingerprint density at radius 2 is 1.69 bits per heavy atom. The van der Waals surface area contributed by atoms with Crippen molar-refractivity contribution in [3.8, 4) is 0 Å². The Morgan fingerprint density at radius 1 is 1.04 bits per heavy atom. The number of amides is 1. The maximum absolute atomic E-state index is 12.7. The summed E-state index contributed by atoms with van der Waals surface area (Å²) < 4.78 is 5.30. The third kappa shape index (κ3) is 3.83. The van der Waals surface area contributed by atoms with Crippen molar-refractivity contribution < 1.29 is 14.3 Å². The number of hydrogen-bond donors (Lipinski definition) is 0. The number of halogens is 3. The third-order valence-electron chi connectivity index (χ3n) is 4.32. The summed E-state index contributed by atoms with van der Waals surface area (Å²) in [5.41, 5.74) is 2.30. The maximum atomic E-state index is 12.7. The first-order chi connectivity index (χ1) is 12.4. The topological polar surface area (TPSA) is 46.6 Å². The lowest BCUT2D eigenvalue weighted by Crippen LogP contribution is -2.42. The molecule has 136 valence electrons. The highest BCUT2D eigenvalue weighted by Crippen LogP contribution is 2.32. The van der Waals surface area contributed by atoms with Crippen LogP contribution in [0.5, 0.6) is 0 Å². The zero-order valence-corrected chi connectivity index (χ0v) is 16.2. The Bertz CT molecular complexity index is 869. The summed E-state index contributed by atoms with van der Waals surface area (Å²) in [6.45, 7) is 2.61. The normalized spacial score (nSPS) is 14.5. The smallest absolute Gasteiger partial charge is 0.342 e. The Hall–Kier alpha value is -1.75. The van der Waals surface area contributed by atoms with Gasteiger partial charge in [-0.1, -0.05) is 59.1 Å². The molecule has 0 N–H and O–H groups in total. The van der Waals surface area contributed by atoms with Gasteiger partial charge in [0.2, 0.25) is 0 Å². The van der Waals surface area contributed by atoms with E-state index in [1.54, 1.807) is 4.90 Å². The molecule has 2 aromatic carbocycles. The highest BCUT2D eigenvalue weighted by atomic mass is 35.5. The summed E-state index contributed by atoms with van der Waals surface area (Å²) in [7, 11) is 0. The van der Waals surface area contributed by atoms with Gasteiger partial charge in [0.25, 0.3) is 5.91 Å². The second-order valence-corrected chi connectivity index (χ2v) is 7.24. The van der Waals surface area contributed by atoms with Crippen molar-refractivity contribution in [2.24, 2.45) is 0 Å². The number of ether oxygens (including phenoxy) is 1. The molecule has 0 aromatic heterocycles. The highest BCUT2D eigenvalue weighted by Gasteiger charge is 2.28. The average molecular weight is 413 g/mol. The van der Waals surface area contributed by atoms with E-state index in [0.717, 1.165) is 12.0 Å². The molecule has 1 heterocycles. The van der Waals surface area contributed by atoms with Gasteiger partial charge in [0, 0.05) is 13.1 Å². The van der Waals surface area contributed by atoms with E-state index in [2.05, 4.69) is 6.07 Å². The summed E-state index contributed by atoms with van der Waals surface area (Å²) in [4.78, 5) is 26.8. The van der Waals surface area contributed by atoms with Gasteiger partial charge in [0.05, 0.1) is 20.6 Å². The standard InChI is InChI=1S/C19H16Cl3NO3/c1-11(26-19(25)16-14(20)6-7-15(21)17(16)22)18(24)23-9-8-12-4-2-3-5-13(12)10-23/h2-7,11H,8-10H2,1H3/t11-/m0/s1. The number of fused-ring (bicyclic) bond motifs is 1. The van der Waals surface area contributed by atoms with E-state index in [4.69, 9.17) is 39.5 Å². The monoisotopic (exact) mass is 411 g/mol. The molecule has 0 fully saturated rings. The molecule has 0 saturated heterocycles. The van der Waals surface area contributed by atoms with Crippen molar-refractivity contribution in [2.45, 2.75) is 26.0 Å². The molecule has 1 atom stereocenters. The summed E-state index contributed by atoms with van der Waals surface area (Å²) >= 11 is 18.0. The molecular weight excluding hydrogens is 397 g/mol. The molecule has 1 aliphatic heterocycles. The van der Waals surface area contributed by atoms with Crippen molar-refractivity contribution in [3.63, 3.8) is 0 Å². The van der Waals surface area contributed by atoms with Gasteiger partial charge in [-0.2, -0.15) is 0 Å². The van der Waals surface area contributed by atoms with Gasteiger partial charge < -0.3 is 9.64 Å². The molecule has 0 saturated carbocycles. The number of benzene rings is 2. The first kappa shape index (κ1) is 19.0. The number of esters is 1. The molecule has 2 aromatic rings. The maximum Gasteiger partial charge on any atom is 0.342 e. The number of rotatable bonds is 3. The first-order valence-electron chi connectivity index (χ1n) is 8.08. The molecule has 0 spiro atoms. The predicted molar refractivity (Wildman–Crippen MR) is 102 cm³/mol. The number of hydrogen-bond acceptors (Lipinski definition) is 3. The summed E-state index contributed by atoms with van der Waals surface area (Å²) in [5, 5.41) is 0.321. The van der Waals surface area contributed by atoms with E-state index in [1.807, 2.05) is 18.2 Å². The largest absolute Gasteiger partial charge is 0.449 e. The van der Waals surface area contributed by atoms with Crippen LogP contribution in [0.4, 0.5) is 0 Å². The number of carbonyl (C=O) groups is 2. The van der Waals surface area contributed by atoms with Gasteiger partial charge in [-0.05, 0) is 36.6 Å². The first-order valence-corrected chi connectivity index (χ1v) is 9.22. The molecule has 0 radical (unpaired) electrons. The molecule has 0 unspecified atom stereocenters. The number of carbonyl (C=O) groups excluding carboxylic acids is 2. The van der Waals surface area contributed by atoms with Crippen LogP contribution >= 0.6 is 34.8 Å². The van der Waals surface area contributed by atoms with Gasteiger partial charge in [-0.15, -0.1) is 0 Å². The lowest BCUT2D eigenvalue weighted by atomic mass is 9.99. The van der Waals surface area contributed by atoms with Crippen LogP contribution in [-0.2, 0) is 22.5 Å². The summed E-state index contributed by atoms with van der Waals surface area (Å²) in [5.74, 6) is -1.04. The highest BCUT2D eigenvalue weighted by molar-refractivity contribution is 6.46. The molecule has 3 rings (SSSR count).